The number of fused-ring (bicyclic) bond motifs is 2. The molecule has 0 amide bonds. The van der Waals surface area contributed by atoms with Gasteiger partial charge in [0.25, 0.3) is 0 Å². The summed E-state index contributed by atoms with van der Waals surface area (Å²) in [6.45, 7) is 0.612. The number of nitrogens with one attached hydrogen (secondary N) is 1. The summed E-state index contributed by atoms with van der Waals surface area (Å²) in [6.07, 6.45) is 4.43. The monoisotopic (exact) mass is 284 g/mol. The van der Waals surface area contributed by atoms with E-state index in [1.165, 1.54) is 0 Å². The molecule has 0 radical (unpaired) electrons. The number of hydrogen-bond acceptors (Lipinski definition) is 3. The third-order valence-corrected chi connectivity index (χ3v) is 2.67. The molecule has 0 aliphatic carbocycles. The molecule has 6 heteroatoms. The highest BCUT2D eigenvalue weighted by Gasteiger charge is 2.03. The number of pyridine rings is 1. The van der Waals surface area contributed by atoms with Crippen LogP contribution in [0.3, 0.4) is 0 Å². The van der Waals surface area contributed by atoms with Crippen LogP contribution in [-0.4, -0.2) is 21.5 Å². The molecule has 0 unspecified atom stereocenters. The highest BCUT2D eigenvalue weighted by atomic mass is 35.5. The molecule has 0 aliphatic rings. The molecule has 96 valence electrons. The highest BCUT2D eigenvalue weighted by molar-refractivity contribution is 5.94. The predicted molar refractivity (Wildman–Crippen MR) is 78.6 cm³/mol. The average Bonchev–Trinajstić information content (AvgIpc) is 2.67. The maximum Gasteiger partial charge on any atom is 0.108 e. The molecule has 0 bridgehead atoms. The van der Waals surface area contributed by atoms with Gasteiger partial charge < -0.3 is 10.7 Å². The van der Waals surface area contributed by atoms with E-state index in [1.807, 2.05) is 12.3 Å². The van der Waals surface area contributed by atoms with Gasteiger partial charge in [0.1, 0.15) is 5.82 Å². The van der Waals surface area contributed by atoms with Crippen molar-refractivity contribution in [3.05, 3.63) is 36.4 Å². The van der Waals surface area contributed by atoms with E-state index in [2.05, 4.69) is 27.1 Å². The fourth-order valence-electron chi connectivity index (χ4n) is 1.90. The van der Waals surface area contributed by atoms with Gasteiger partial charge in [0, 0.05) is 24.2 Å². The number of nitrogens with zero attached hydrogens (tertiary/aromatic N) is 2. The minimum atomic E-state index is 0. The topological polar surface area (TPSA) is 67.6 Å². The number of nitrogens with two attached hydrogens (primary N) is 1. The molecule has 3 rings (SSSR count). The summed E-state index contributed by atoms with van der Waals surface area (Å²) in [5.41, 5.74) is 7.55. The number of H-pyrrole nitrogens is 1. The summed E-state index contributed by atoms with van der Waals surface area (Å²) in [5, 5.41) is 2.28. The maximum atomic E-state index is 5.51. The van der Waals surface area contributed by atoms with Crippen LogP contribution in [0.1, 0.15) is 5.82 Å². The predicted octanol–water partition coefficient (Wildman–Crippen LogP) is 2.46. The molecule has 0 saturated heterocycles. The highest BCUT2D eigenvalue weighted by Crippen LogP contribution is 2.20. The maximum absolute atomic E-state index is 5.51. The first-order valence-corrected chi connectivity index (χ1v) is 5.29. The van der Waals surface area contributed by atoms with Crippen molar-refractivity contribution < 1.29 is 0 Å². The van der Waals surface area contributed by atoms with Crippen molar-refractivity contribution in [3.8, 4) is 0 Å². The molecule has 0 aliphatic heterocycles. The number of halogens is 2. The van der Waals surface area contributed by atoms with E-state index in [1.54, 1.807) is 6.20 Å². The summed E-state index contributed by atoms with van der Waals surface area (Å²) in [4.78, 5) is 11.9. The van der Waals surface area contributed by atoms with Crippen LogP contribution < -0.4 is 5.73 Å². The van der Waals surface area contributed by atoms with Gasteiger partial charge in [-0.05, 0) is 30.1 Å². The molecular weight excluding hydrogens is 271 g/mol. The van der Waals surface area contributed by atoms with Gasteiger partial charge >= 0.3 is 0 Å². The van der Waals surface area contributed by atoms with E-state index >= 15 is 0 Å². The Hall–Kier alpha value is -1.36. The first-order chi connectivity index (χ1) is 7.86. The van der Waals surface area contributed by atoms with E-state index in [0.29, 0.717) is 6.54 Å². The van der Waals surface area contributed by atoms with Crippen LogP contribution >= 0.6 is 24.8 Å². The van der Waals surface area contributed by atoms with Crippen LogP contribution in [0.2, 0.25) is 0 Å². The smallest absolute Gasteiger partial charge is 0.108 e. The minimum Gasteiger partial charge on any atom is -0.342 e. The fourth-order valence-corrected chi connectivity index (χ4v) is 1.90. The largest absolute Gasteiger partial charge is 0.342 e. The summed E-state index contributed by atoms with van der Waals surface area (Å²) >= 11 is 0. The molecule has 0 atom stereocenters. The van der Waals surface area contributed by atoms with Gasteiger partial charge in [0.2, 0.25) is 0 Å². The Morgan fingerprint density at radius 3 is 2.78 bits per heavy atom. The number of hydrogen-bond donors (Lipinski definition) is 2. The Labute approximate surface area is 117 Å². The van der Waals surface area contributed by atoms with Gasteiger partial charge in [-0.1, -0.05) is 0 Å². The number of aromatic amines is 1. The standard InChI is InChI=1S/C12H12N4.2ClH/c13-3-1-12-15-10-5-8-2-4-14-7-9(8)6-11(10)16-12;;/h2,4-7H,1,3,13H2,(H,15,16);2*1H. The lowest BCUT2D eigenvalue weighted by Gasteiger charge is -1.95. The number of aromatic nitrogens is 3. The zero-order valence-corrected chi connectivity index (χ0v) is 11.2. The second-order valence-electron chi connectivity index (χ2n) is 3.81. The van der Waals surface area contributed by atoms with E-state index in [4.69, 9.17) is 5.73 Å². The molecule has 2 aromatic heterocycles. The summed E-state index contributed by atoms with van der Waals surface area (Å²) in [7, 11) is 0. The number of rotatable bonds is 2. The van der Waals surface area contributed by atoms with Crippen LogP contribution in [0, 0.1) is 0 Å². The lowest BCUT2D eigenvalue weighted by molar-refractivity contribution is 0.900. The summed E-state index contributed by atoms with van der Waals surface area (Å²) in [6, 6.07) is 6.14. The Morgan fingerprint density at radius 1 is 1.17 bits per heavy atom. The Bertz CT molecular complexity index is 598. The average molecular weight is 285 g/mol. The minimum absolute atomic E-state index is 0. The second kappa shape index (κ2) is 6.00. The molecule has 0 saturated carbocycles. The third-order valence-electron chi connectivity index (χ3n) is 2.67. The second-order valence-corrected chi connectivity index (χ2v) is 3.81. The molecule has 1 aromatic carbocycles. The molecule has 4 nitrogen and oxygen atoms in total. The molecule has 3 aromatic rings. The van der Waals surface area contributed by atoms with E-state index in [-0.39, 0.29) is 24.8 Å². The molecule has 0 spiro atoms. The van der Waals surface area contributed by atoms with Crippen molar-refractivity contribution in [2.45, 2.75) is 6.42 Å². The van der Waals surface area contributed by atoms with Gasteiger partial charge in [-0.15, -0.1) is 24.8 Å². The Balaban J connectivity index is 0.000000810. The fraction of sp³-hybridized carbons (Fsp3) is 0.167. The Kier molecular flexibility index (Phi) is 4.90. The normalized spacial score (nSPS) is 10.1. The third kappa shape index (κ3) is 2.56. The zero-order chi connectivity index (χ0) is 11.0. The van der Waals surface area contributed by atoms with E-state index in [9.17, 15) is 0 Å². The van der Waals surface area contributed by atoms with Crippen LogP contribution in [-0.2, 0) is 6.42 Å². The zero-order valence-electron chi connectivity index (χ0n) is 9.59. The van der Waals surface area contributed by atoms with Crippen molar-refractivity contribution in [2.75, 3.05) is 6.54 Å². The first-order valence-electron chi connectivity index (χ1n) is 5.29. The molecule has 18 heavy (non-hydrogen) atoms. The molecule has 2 heterocycles. The van der Waals surface area contributed by atoms with Gasteiger partial charge in [0.15, 0.2) is 0 Å². The lowest BCUT2D eigenvalue weighted by atomic mass is 10.1. The first kappa shape index (κ1) is 14.7. The van der Waals surface area contributed by atoms with Crippen molar-refractivity contribution in [3.63, 3.8) is 0 Å². The van der Waals surface area contributed by atoms with Crippen LogP contribution in [0.25, 0.3) is 21.8 Å². The van der Waals surface area contributed by atoms with Crippen LogP contribution in [0.4, 0.5) is 0 Å². The SMILES string of the molecule is Cl.Cl.NCCc1nc2cc3ccncc3cc2[nH]1. The van der Waals surface area contributed by atoms with E-state index in [0.717, 1.165) is 34.1 Å². The summed E-state index contributed by atoms with van der Waals surface area (Å²) < 4.78 is 0. The molecule has 3 N–H and O–H groups in total. The van der Waals surface area contributed by atoms with Crippen LogP contribution in [0.15, 0.2) is 30.6 Å². The lowest BCUT2D eigenvalue weighted by Crippen LogP contribution is -2.03. The number of imidazole rings is 1. The quantitative estimate of drug-likeness (QED) is 0.760. The molecule has 0 fully saturated rings. The molecular formula is C12H14Cl2N4. The van der Waals surface area contributed by atoms with Gasteiger partial charge in [0.05, 0.1) is 11.0 Å². The van der Waals surface area contributed by atoms with E-state index < -0.39 is 0 Å². The van der Waals surface area contributed by atoms with Crippen molar-refractivity contribution in [1.29, 1.82) is 0 Å². The summed E-state index contributed by atoms with van der Waals surface area (Å²) in [5.74, 6) is 0.945. The van der Waals surface area contributed by atoms with Gasteiger partial charge in [-0.25, -0.2) is 4.98 Å². The van der Waals surface area contributed by atoms with Gasteiger partial charge in [-0.3, -0.25) is 4.98 Å². The van der Waals surface area contributed by atoms with Gasteiger partial charge in [-0.2, -0.15) is 0 Å². The van der Waals surface area contributed by atoms with Crippen molar-refractivity contribution >= 4 is 46.6 Å². The number of benzene rings is 1. The van der Waals surface area contributed by atoms with Crippen molar-refractivity contribution in [1.82, 2.24) is 15.0 Å². The van der Waals surface area contributed by atoms with Crippen LogP contribution in [0.5, 0.6) is 0 Å². The Morgan fingerprint density at radius 2 is 2.00 bits per heavy atom. The van der Waals surface area contributed by atoms with Crippen molar-refractivity contribution in [2.24, 2.45) is 5.73 Å².